The fourth-order valence-corrected chi connectivity index (χ4v) is 6.05. The van der Waals surface area contributed by atoms with Gasteiger partial charge in [0.2, 0.25) is 0 Å². The Labute approximate surface area is 146 Å². The zero-order valence-corrected chi connectivity index (χ0v) is 15.9. The highest BCUT2D eigenvalue weighted by molar-refractivity contribution is 7.11. The van der Waals surface area contributed by atoms with Crippen LogP contribution in [0.5, 0.6) is 0 Å². The van der Waals surface area contributed by atoms with E-state index in [1.54, 1.807) is 0 Å². The van der Waals surface area contributed by atoms with Crippen molar-refractivity contribution in [2.24, 2.45) is 17.8 Å². The van der Waals surface area contributed by atoms with Crippen molar-refractivity contribution in [2.75, 3.05) is 0 Å². The van der Waals surface area contributed by atoms with E-state index in [4.69, 9.17) is 0 Å². The van der Waals surface area contributed by atoms with E-state index in [1.807, 2.05) is 11.3 Å². The summed E-state index contributed by atoms with van der Waals surface area (Å²) in [6.07, 6.45) is 16.8. The molecule has 3 rings (SSSR count). The molecule has 2 saturated carbocycles. The predicted molar refractivity (Wildman–Crippen MR) is 99.0 cm³/mol. The molecular weight excluding hydrogens is 300 g/mol. The number of hydrogen-bond donors (Lipinski definition) is 0. The Morgan fingerprint density at radius 2 is 1.48 bits per heavy atom. The van der Waals surface area contributed by atoms with Crippen molar-refractivity contribution < 1.29 is 0 Å². The smallest absolute Gasteiger partial charge is 0.120 e. The molecule has 2 aliphatic carbocycles. The monoisotopic (exact) mass is 334 g/mol. The second-order valence-corrected chi connectivity index (χ2v) is 9.06. The highest BCUT2D eigenvalue weighted by Crippen LogP contribution is 2.44. The van der Waals surface area contributed by atoms with E-state index < -0.39 is 0 Å². The van der Waals surface area contributed by atoms with Crippen molar-refractivity contribution >= 4 is 11.3 Å². The number of nitrogens with zero attached hydrogens (tertiary/aromatic N) is 2. The Morgan fingerprint density at radius 1 is 0.826 bits per heavy atom. The fourth-order valence-electron chi connectivity index (χ4n) is 4.94. The Balaban J connectivity index is 1.45. The molecule has 2 aliphatic rings. The number of aromatic nitrogens is 2. The van der Waals surface area contributed by atoms with Gasteiger partial charge in [0.05, 0.1) is 0 Å². The summed E-state index contributed by atoms with van der Waals surface area (Å²) in [4.78, 5) is 0. The van der Waals surface area contributed by atoms with Gasteiger partial charge in [0.1, 0.15) is 10.0 Å². The van der Waals surface area contributed by atoms with Crippen molar-refractivity contribution in [2.45, 2.75) is 96.8 Å². The third-order valence-corrected chi connectivity index (χ3v) is 7.47. The van der Waals surface area contributed by atoms with E-state index in [1.165, 1.54) is 80.6 Å². The minimum absolute atomic E-state index is 0.714. The molecule has 0 radical (unpaired) electrons. The first kappa shape index (κ1) is 17.4. The predicted octanol–water partition coefficient (Wildman–Crippen LogP) is 6.37. The molecule has 3 heteroatoms. The van der Waals surface area contributed by atoms with Crippen molar-refractivity contribution in [1.29, 1.82) is 0 Å². The van der Waals surface area contributed by atoms with Crippen LogP contribution in [0.15, 0.2) is 0 Å². The topological polar surface area (TPSA) is 25.8 Å². The van der Waals surface area contributed by atoms with Crippen molar-refractivity contribution in [1.82, 2.24) is 10.2 Å². The van der Waals surface area contributed by atoms with Crippen LogP contribution in [-0.4, -0.2) is 10.2 Å². The van der Waals surface area contributed by atoms with Gasteiger partial charge in [-0.05, 0) is 62.7 Å². The average molecular weight is 335 g/mol. The molecule has 0 spiro atoms. The average Bonchev–Trinajstić information content (AvgIpc) is 3.05. The summed E-state index contributed by atoms with van der Waals surface area (Å²) in [5, 5.41) is 11.5. The summed E-state index contributed by atoms with van der Waals surface area (Å²) >= 11 is 1.88. The lowest BCUT2D eigenvalue weighted by molar-refractivity contribution is 0.156. The quantitative estimate of drug-likeness (QED) is 0.604. The summed E-state index contributed by atoms with van der Waals surface area (Å²) in [7, 11) is 0. The molecule has 2 fully saturated rings. The third-order valence-electron chi connectivity index (χ3n) is 6.32. The lowest BCUT2D eigenvalue weighted by Gasteiger charge is -2.37. The first-order valence-electron chi connectivity index (χ1n) is 10.1. The van der Waals surface area contributed by atoms with Crippen LogP contribution in [0.1, 0.15) is 100 Å². The molecule has 0 aromatic carbocycles. The molecule has 0 amide bonds. The fraction of sp³-hybridized carbons (Fsp3) is 0.900. The van der Waals surface area contributed by atoms with Gasteiger partial charge in [0.15, 0.2) is 0 Å². The Bertz CT molecular complexity index is 454. The molecule has 0 atom stereocenters. The van der Waals surface area contributed by atoms with Gasteiger partial charge < -0.3 is 0 Å². The maximum Gasteiger partial charge on any atom is 0.120 e. The molecule has 2 nitrogen and oxygen atoms in total. The molecule has 1 heterocycles. The van der Waals surface area contributed by atoms with Crippen LogP contribution in [0, 0.1) is 17.8 Å². The molecule has 0 N–H and O–H groups in total. The van der Waals surface area contributed by atoms with E-state index in [9.17, 15) is 0 Å². The molecule has 0 saturated heterocycles. The molecule has 0 bridgehead atoms. The highest BCUT2D eigenvalue weighted by atomic mass is 32.1. The number of hydrogen-bond acceptors (Lipinski definition) is 3. The van der Waals surface area contributed by atoms with Crippen LogP contribution in [0.4, 0.5) is 0 Å². The molecule has 130 valence electrons. The van der Waals surface area contributed by atoms with Crippen molar-refractivity contribution in [3.63, 3.8) is 0 Å². The third kappa shape index (κ3) is 4.55. The van der Waals surface area contributed by atoms with Gasteiger partial charge in [0, 0.05) is 12.3 Å². The molecule has 0 aliphatic heterocycles. The Hall–Kier alpha value is -0.440. The van der Waals surface area contributed by atoms with Crippen molar-refractivity contribution in [3.05, 3.63) is 10.0 Å². The molecule has 1 aromatic rings. The Morgan fingerprint density at radius 3 is 2.09 bits per heavy atom. The van der Waals surface area contributed by atoms with Gasteiger partial charge in [-0.1, -0.05) is 39.5 Å². The molecule has 0 unspecified atom stereocenters. The van der Waals surface area contributed by atoms with Crippen LogP contribution in [0.2, 0.25) is 0 Å². The number of aryl methyl sites for hydroxylation is 1. The van der Waals surface area contributed by atoms with Crippen LogP contribution in [0.25, 0.3) is 0 Å². The van der Waals surface area contributed by atoms with E-state index in [2.05, 4.69) is 24.0 Å². The lowest BCUT2D eigenvalue weighted by Crippen LogP contribution is -2.25. The minimum Gasteiger partial charge on any atom is -0.144 e. The van der Waals surface area contributed by atoms with E-state index in [0.29, 0.717) is 5.92 Å². The van der Waals surface area contributed by atoms with Gasteiger partial charge in [0.25, 0.3) is 0 Å². The van der Waals surface area contributed by atoms with Gasteiger partial charge >= 0.3 is 0 Å². The lowest BCUT2D eigenvalue weighted by atomic mass is 9.69. The van der Waals surface area contributed by atoms with E-state index >= 15 is 0 Å². The maximum absolute atomic E-state index is 4.49. The van der Waals surface area contributed by atoms with Gasteiger partial charge in [-0.2, -0.15) is 0 Å². The van der Waals surface area contributed by atoms with Gasteiger partial charge in [-0.3, -0.25) is 0 Å². The summed E-state index contributed by atoms with van der Waals surface area (Å²) in [6, 6.07) is 0. The van der Waals surface area contributed by atoms with Crippen LogP contribution < -0.4 is 0 Å². The summed E-state index contributed by atoms with van der Waals surface area (Å²) in [5.74, 6) is 3.81. The zero-order chi connectivity index (χ0) is 16.1. The Kier molecular flexibility index (Phi) is 6.50. The van der Waals surface area contributed by atoms with Crippen molar-refractivity contribution in [3.8, 4) is 0 Å². The second kappa shape index (κ2) is 8.60. The minimum atomic E-state index is 0.714. The summed E-state index contributed by atoms with van der Waals surface area (Å²) in [6.45, 7) is 4.56. The summed E-state index contributed by atoms with van der Waals surface area (Å²) < 4.78 is 0. The first-order chi connectivity index (χ1) is 11.3. The maximum atomic E-state index is 4.49. The van der Waals surface area contributed by atoms with Crippen LogP contribution in [0.3, 0.4) is 0 Å². The van der Waals surface area contributed by atoms with Crippen LogP contribution >= 0.6 is 11.3 Å². The standard InChI is InChI=1S/C20H34N2S/c1-3-5-15-7-9-16(10-8-15)17-11-13-18(14-12-17)20-22-21-19(23-20)6-4-2/h15-18H,3-14H2,1-2H3/t15-,16-,17-,18-. The van der Waals surface area contributed by atoms with Gasteiger partial charge in [-0.15, -0.1) is 21.5 Å². The largest absolute Gasteiger partial charge is 0.144 e. The van der Waals surface area contributed by atoms with E-state index in [-0.39, 0.29) is 0 Å². The van der Waals surface area contributed by atoms with E-state index in [0.717, 1.165) is 24.2 Å². The van der Waals surface area contributed by atoms with Gasteiger partial charge in [-0.25, -0.2) is 0 Å². The zero-order valence-electron chi connectivity index (χ0n) is 15.1. The normalized spacial score (nSPS) is 32.1. The highest BCUT2D eigenvalue weighted by Gasteiger charge is 2.32. The SMILES string of the molecule is CCCc1nnc([C@H]2CC[C@H]([C@H]3CC[C@H](CCC)CC3)CC2)s1. The summed E-state index contributed by atoms with van der Waals surface area (Å²) in [5.41, 5.74) is 0. The first-order valence-corrected chi connectivity index (χ1v) is 10.9. The number of rotatable bonds is 6. The molecular formula is C20H34N2S. The molecule has 1 aromatic heterocycles. The second-order valence-electron chi connectivity index (χ2n) is 7.97. The molecule has 23 heavy (non-hydrogen) atoms. The van der Waals surface area contributed by atoms with Crippen LogP contribution in [-0.2, 0) is 6.42 Å².